The second-order valence-electron chi connectivity index (χ2n) is 6.29. The quantitative estimate of drug-likeness (QED) is 0.389. The van der Waals surface area contributed by atoms with Crippen molar-refractivity contribution in [3.8, 4) is 0 Å². The fourth-order valence-corrected chi connectivity index (χ4v) is 3.68. The van der Waals surface area contributed by atoms with Crippen molar-refractivity contribution in [1.82, 2.24) is 29.3 Å². The van der Waals surface area contributed by atoms with Gasteiger partial charge in [0.25, 0.3) is 5.91 Å². The molecule has 8 nitrogen and oxygen atoms in total. The molecule has 0 aliphatic heterocycles. The molecule has 1 aromatic carbocycles. The van der Waals surface area contributed by atoms with Gasteiger partial charge in [-0.05, 0) is 39.7 Å². The van der Waals surface area contributed by atoms with Gasteiger partial charge in [0.1, 0.15) is 11.7 Å². The lowest BCUT2D eigenvalue weighted by molar-refractivity contribution is 0.102. The molecule has 0 unspecified atom stereocenters. The molecule has 1 amide bonds. The summed E-state index contributed by atoms with van der Waals surface area (Å²) in [5.41, 5.74) is 1.05. The first-order valence-electron chi connectivity index (χ1n) is 8.57. The van der Waals surface area contributed by atoms with Crippen LogP contribution in [0.15, 0.2) is 53.5 Å². The first-order chi connectivity index (χ1) is 14.4. The molecule has 0 aliphatic rings. The summed E-state index contributed by atoms with van der Waals surface area (Å²) >= 11 is 21.7. The fraction of sp³-hybridized carbons (Fsp3) is 0.111. The van der Waals surface area contributed by atoms with Crippen molar-refractivity contribution in [2.24, 2.45) is 0 Å². The number of hydrogen-bond donors (Lipinski definition) is 1. The summed E-state index contributed by atoms with van der Waals surface area (Å²) in [6.07, 6.45) is 6.77. The normalized spacial score (nSPS) is 11.1. The Kier molecular flexibility index (Phi) is 6.14. The molecule has 1 N–H and O–H groups in total. The number of hydrogen-bond acceptors (Lipinski definition) is 4. The van der Waals surface area contributed by atoms with E-state index < -0.39 is 5.91 Å². The zero-order valence-electron chi connectivity index (χ0n) is 15.1. The average Bonchev–Trinajstić information content (AvgIpc) is 3.40. The molecule has 12 heteroatoms. The van der Waals surface area contributed by atoms with Gasteiger partial charge in [-0.25, -0.2) is 4.68 Å². The van der Waals surface area contributed by atoms with Gasteiger partial charge in [0.2, 0.25) is 0 Å². The van der Waals surface area contributed by atoms with Gasteiger partial charge in [-0.3, -0.25) is 14.2 Å². The summed E-state index contributed by atoms with van der Waals surface area (Å²) in [5, 5.41) is 16.8. The molecule has 0 bridgehead atoms. The van der Waals surface area contributed by atoms with Crippen LogP contribution in [0.3, 0.4) is 0 Å². The lowest BCUT2D eigenvalue weighted by Crippen LogP contribution is -2.15. The summed E-state index contributed by atoms with van der Waals surface area (Å²) in [4.78, 5) is 12.5. The number of aromatic nitrogens is 6. The maximum atomic E-state index is 12.5. The Morgan fingerprint density at radius 1 is 1.03 bits per heavy atom. The monoisotopic (exact) mass is 527 g/mol. The van der Waals surface area contributed by atoms with E-state index in [0.29, 0.717) is 28.3 Å². The summed E-state index contributed by atoms with van der Waals surface area (Å²) in [6, 6.07) is 6.81. The highest BCUT2D eigenvalue weighted by Gasteiger charge is 2.15. The van der Waals surface area contributed by atoms with E-state index >= 15 is 0 Å². The van der Waals surface area contributed by atoms with Gasteiger partial charge in [0, 0.05) is 28.6 Å². The summed E-state index contributed by atoms with van der Waals surface area (Å²) < 4.78 is 5.72. The molecule has 0 fully saturated rings. The number of rotatable bonds is 6. The molecule has 0 aliphatic carbocycles. The SMILES string of the molecule is O=C(Nc1nn(Cc2ccc(Cl)cc2Cl)cc1Cl)c1ccn(Cn2cc(Br)cn2)n1. The van der Waals surface area contributed by atoms with Crippen molar-refractivity contribution in [1.29, 1.82) is 0 Å². The van der Waals surface area contributed by atoms with Gasteiger partial charge in [-0.2, -0.15) is 15.3 Å². The Bertz CT molecular complexity index is 1220. The van der Waals surface area contributed by atoms with Gasteiger partial charge < -0.3 is 5.32 Å². The van der Waals surface area contributed by atoms with Crippen LogP contribution >= 0.6 is 50.7 Å². The van der Waals surface area contributed by atoms with Crippen LogP contribution in [0.5, 0.6) is 0 Å². The Hall–Kier alpha value is -2.33. The number of nitrogens with zero attached hydrogens (tertiary/aromatic N) is 6. The van der Waals surface area contributed by atoms with E-state index in [1.165, 1.54) is 0 Å². The minimum Gasteiger partial charge on any atom is -0.302 e. The van der Waals surface area contributed by atoms with Crippen molar-refractivity contribution in [2.45, 2.75) is 13.2 Å². The predicted octanol–water partition coefficient (Wildman–Crippen LogP) is 4.81. The predicted molar refractivity (Wildman–Crippen MR) is 118 cm³/mol. The van der Waals surface area contributed by atoms with Crippen molar-refractivity contribution in [3.05, 3.63) is 79.9 Å². The van der Waals surface area contributed by atoms with Crippen molar-refractivity contribution in [2.75, 3.05) is 5.32 Å². The first-order valence-corrected chi connectivity index (χ1v) is 10.5. The number of carbonyl (C=O) groups is 1. The topological polar surface area (TPSA) is 82.6 Å². The largest absolute Gasteiger partial charge is 0.302 e. The molecule has 0 spiro atoms. The summed E-state index contributed by atoms with van der Waals surface area (Å²) in [6.45, 7) is 0.746. The van der Waals surface area contributed by atoms with E-state index in [9.17, 15) is 4.79 Å². The highest BCUT2D eigenvalue weighted by atomic mass is 79.9. The van der Waals surface area contributed by atoms with Gasteiger partial charge >= 0.3 is 0 Å². The Morgan fingerprint density at radius 2 is 1.87 bits per heavy atom. The first kappa shape index (κ1) is 20.9. The molecule has 4 aromatic rings. The van der Waals surface area contributed by atoms with Gasteiger partial charge in [0.05, 0.1) is 17.2 Å². The Balaban J connectivity index is 1.43. The molecule has 0 saturated heterocycles. The molecule has 3 aromatic heterocycles. The molecule has 3 heterocycles. The molecular weight excluding hydrogens is 517 g/mol. The van der Waals surface area contributed by atoms with E-state index in [-0.39, 0.29) is 11.5 Å². The smallest absolute Gasteiger partial charge is 0.277 e. The molecule has 30 heavy (non-hydrogen) atoms. The van der Waals surface area contributed by atoms with Crippen LogP contribution in [0.25, 0.3) is 0 Å². The highest BCUT2D eigenvalue weighted by Crippen LogP contribution is 2.24. The van der Waals surface area contributed by atoms with E-state index in [0.717, 1.165) is 10.0 Å². The summed E-state index contributed by atoms with van der Waals surface area (Å²) in [5.74, 6) is -0.190. The van der Waals surface area contributed by atoms with E-state index in [1.54, 1.807) is 57.0 Å². The number of anilines is 1. The highest BCUT2D eigenvalue weighted by molar-refractivity contribution is 9.10. The number of amides is 1. The third-order valence-electron chi connectivity index (χ3n) is 4.06. The van der Waals surface area contributed by atoms with Gasteiger partial charge in [0.15, 0.2) is 11.5 Å². The van der Waals surface area contributed by atoms with Crippen LogP contribution < -0.4 is 5.32 Å². The second-order valence-corrected chi connectivity index (χ2v) is 8.46. The third kappa shape index (κ3) is 4.86. The standard InChI is InChI=1S/C18H13BrCl3N7O/c19-12-6-23-29(8-12)10-27-4-3-16(25-27)18(30)24-17-15(22)9-28(26-17)7-11-1-2-13(20)5-14(11)21/h1-6,8-9H,7,10H2,(H,24,26,30). The van der Waals surface area contributed by atoms with Crippen LogP contribution in [0.2, 0.25) is 15.1 Å². The summed E-state index contributed by atoms with van der Waals surface area (Å²) in [7, 11) is 0. The molecular formula is C18H13BrCl3N7O. The molecule has 0 saturated carbocycles. The molecule has 0 radical (unpaired) electrons. The van der Waals surface area contributed by atoms with Crippen molar-refractivity contribution in [3.63, 3.8) is 0 Å². The minimum absolute atomic E-state index is 0.229. The van der Waals surface area contributed by atoms with Crippen LogP contribution in [0.4, 0.5) is 5.82 Å². The van der Waals surface area contributed by atoms with Crippen LogP contribution in [0, 0.1) is 0 Å². The zero-order valence-corrected chi connectivity index (χ0v) is 19.0. The Morgan fingerprint density at radius 3 is 2.60 bits per heavy atom. The van der Waals surface area contributed by atoms with Crippen LogP contribution in [-0.4, -0.2) is 35.2 Å². The van der Waals surface area contributed by atoms with Crippen LogP contribution in [0.1, 0.15) is 16.1 Å². The molecule has 4 rings (SSSR count). The third-order valence-corrected chi connectivity index (χ3v) is 5.33. The van der Waals surface area contributed by atoms with Crippen LogP contribution in [-0.2, 0) is 13.2 Å². The number of nitrogens with one attached hydrogen (secondary N) is 1. The minimum atomic E-state index is -0.424. The average molecular weight is 530 g/mol. The van der Waals surface area contributed by atoms with Gasteiger partial charge in [-0.15, -0.1) is 0 Å². The lowest BCUT2D eigenvalue weighted by atomic mass is 10.2. The van der Waals surface area contributed by atoms with Crippen molar-refractivity contribution < 1.29 is 4.79 Å². The molecule has 154 valence electrons. The number of benzene rings is 1. The Labute approximate surface area is 194 Å². The maximum absolute atomic E-state index is 12.5. The lowest BCUT2D eigenvalue weighted by Gasteiger charge is -2.05. The van der Waals surface area contributed by atoms with E-state index in [4.69, 9.17) is 34.8 Å². The molecule has 0 atom stereocenters. The number of halogens is 4. The number of carbonyl (C=O) groups excluding carboxylic acids is 1. The van der Waals surface area contributed by atoms with E-state index in [1.807, 2.05) is 6.07 Å². The van der Waals surface area contributed by atoms with E-state index in [2.05, 4.69) is 36.5 Å². The van der Waals surface area contributed by atoms with Gasteiger partial charge in [-0.1, -0.05) is 40.9 Å². The van der Waals surface area contributed by atoms with Crippen molar-refractivity contribution >= 4 is 62.5 Å². The fourth-order valence-electron chi connectivity index (χ4n) is 2.68. The second kappa shape index (κ2) is 8.81. The maximum Gasteiger partial charge on any atom is 0.277 e. The zero-order chi connectivity index (χ0) is 21.3.